The van der Waals surface area contributed by atoms with E-state index < -0.39 is 24.0 Å². The molecule has 7 heteroatoms. The van der Waals surface area contributed by atoms with Gasteiger partial charge < -0.3 is 25.7 Å². The number of nitrogens with zero attached hydrogens (tertiary/aromatic N) is 1. The van der Waals surface area contributed by atoms with Crippen LogP contribution in [0.25, 0.3) is 21.8 Å². The maximum atomic E-state index is 12.7. The van der Waals surface area contributed by atoms with Gasteiger partial charge in [0.25, 0.3) is 0 Å². The highest BCUT2D eigenvalue weighted by atomic mass is 16.4. The molecule has 0 spiro atoms. The maximum absolute atomic E-state index is 12.7. The molecule has 154 valence electrons. The Balaban J connectivity index is 1.48. The second kappa shape index (κ2) is 8.04. The number of nitrogens with two attached hydrogens (primary N) is 1. The summed E-state index contributed by atoms with van der Waals surface area (Å²) in [6.07, 6.45) is 4.24. The molecule has 2 heterocycles. The van der Waals surface area contributed by atoms with E-state index in [4.69, 9.17) is 5.73 Å². The van der Waals surface area contributed by atoms with Crippen molar-refractivity contribution in [1.82, 2.24) is 14.9 Å². The molecule has 0 aliphatic carbocycles. The number of aryl methyl sites for hydroxylation is 1. The van der Waals surface area contributed by atoms with E-state index in [1.807, 2.05) is 72.5 Å². The highest BCUT2D eigenvalue weighted by molar-refractivity contribution is 5.90. The fraction of sp³-hybridized carbons (Fsp3) is 0.217. The van der Waals surface area contributed by atoms with Gasteiger partial charge in [-0.3, -0.25) is 4.79 Å². The van der Waals surface area contributed by atoms with Crippen LogP contribution in [0.2, 0.25) is 0 Å². The zero-order valence-electron chi connectivity index (χ0n) is 16.6. The molecule has 0 unspecified atom stereocenters. The minimum absolute atomic E-state index is 0.183. The number of carboxylic acid groups (broad SMARTS) is 1. The smallest absolute Gasteiger partial charge is 0.326 e. The summed E-state index contributed by atoms with van der Waals surface area (Å²) in [5.41, 5.74) is 9.89. The average molecular weight is 404 g/mol. The number of aliphatic carboxylic acids is 1. The van der Waals surface area contributed by atoms with Crippen LogP contribution >= 0.6 is 0 Å². The standard InChI is InChI=1S/C23H24N4O3/c1-27-13-15(17-7-3-5-9-21(17)27)11-20(23(29)30)26-22(28)18(24)10-14-12-25-19-8-4-2-6-16(14)19/h2-9,12-13,18,20,25H,10-11,24H2,1H3,(H,26,28)(H,29,30)/t18-,20+/m0/s1. The van der Waals surface area contributed by atoms with E-state index >= 15 is 0 Å². The Labute approximate surface area is 173 Å². The Morgan fingerprint density at radius 1 is 1.07 bits per heavy atom. The molecular weight excluding hydrogens is 380 g/mol. The molecule has 4 aromatic rings. The normalized spacial score (nSPS) is 13.4. The second-order valence-electron chi connectivity index (χ2n) is 7.56. The molecule has 2 aromatic heterocycles. The van der Waals surface area contributed by atoms with Gasteiger partial charge >= 0.3 is 5.97 Å². The van der Waals surface area contributed by atoms with Crippen LogP contribution in [-0.4, -0.2) is 38.6 Å². The fourth-order valence-corrected chi connectivity index (χ4v) is 3.92. The van der Waals surface area contributed by atoms with E-state index in [9.17, 15) is 14.7 Å². The van der Waals surface area contributed by atoms with Gasteiger partial charge in [0.05, 0.1) is 6.04 Å². The summed E-state index contributed by atoms with van der Waals surface area (Å²) < 4.78 is 1.95. The summed E-state index contributed by atoms with van der Waals surface area (Å²) in [7, 11) is 1.91. The minimum Gasteiger partial charge on any atom is -0.480 e. The first kappa shape index (κ1) is 19.7. The topological polar surface area (TPSA) is 113 Å². The number of hydrogen-bond acceptors (Lipinski definition) is 3. The lowest BCUT2D eigenvalue weighted by Gasteiger charge is -2.17. The van der Waals surface area contributed by atoms with Gasteiger partial charge in [-0.15, -0.1) is 0 Å². The molecule has 0 aliphatic heterocycles. The third-order valence-corrected chi connectivity index (χ3v) is 5.47. The summed E-state index contributed by atoms with van der Waals surface area (Å²) in [6, 6.07) is 13.6. The number of fused-ring (bicyclic) bond motifs is 2. The van der Waals surface area contributed by atoms with E-state index in [0.717, 1.165) is 32.9 Å². The van der Waals surface area contributed by atoms with Gasteiger partial charge in [-0.2, -0.15) is 0 Å². The Hall–Kier alpha value is -3.58. The van der Waals surface area contributed by atoms with Crippen LogP contribution in [0.15, 0.2) is 60.9 Å². The summed E-state index contributed by atoms with van der Waals surface area (Å²) in [4.78, 5) is 27.7. The predicted octanol–water partition coefficient (Wildman–Crippen LogP) is 2.34. The lowest BCUT2D eigenvalue weighted by Crippen LogP contribution is -2.50. The monoisotopic (exact) mass is 404 g/mol. The number of carbonyl (C=O) groups excluding carboxylic acids is 1. The van der Waals surface area contributed by atoms with Gasteiger partial charge in [0, 0.05) is 47.7 Å². The molecule has 0 aliphatic rings. The second-order valence-corrected chi connectivity index (χ2v) is 7.56. The van der Waals surface area contributed by atoms with Crippen LogP contribution < -0.4 is 11.1 Å². The number of benzene rings is 2. The van der Waals surface area contributed by atoms with Gasteiger partial charge in [-0.1, -0.05) is 36.4 Å². The first-order valence-corrected chi connectivity index (χ1v) is 9.80. The van der Waals surface area contributed by atoms with Crippen molar-refractivity contribution in [3.8, 4) is 0 Å². The molecule has 4 rings (SSSR count). The van der Waals surface area contributed by atoms with Crippen molar-refractivity contribution < 1.29 is 14.7 Å². The third-order valence-electron chi connectivity index (χ3n) is 5.47. The van der Waals surface area contributed by atoms with Gasteiger partial charge in [-0.05, 0) is 29.7 Å². The summed E-state index contributed by atoms with van der Waals surface area (Å²) in [5.74, 6) is -1.57. The summed E-state index contributed by atoms with van der Waals surface area (Å²) >= 11 is 0. The maximum Gasteiger partial charge on any atom is 0.326 e. The van der Waals surface area contributed by atoms with E-state index in [-0.39, 0.29) is 6.42 Å². The molecule has 0 bridgehead atoms. The van der Waals surface area contributed by atoms with Crippen molar-refractivity contribution in [2.75, 3.05) is 0 Å². The van der Waals surface area contributed by atoms with Gasteiger partial charge in [-0.25, -0.2) is 4.79 Å². The first-order valence-electron chi connectivity index (χ1n) is 9.80. The number of aromatic nitrogens is 2. The quantitative estimate of drug-likeness (QED) is 0.379. The number of carbonyl (C=O) groups is 2. The number of amides is 1. The van der Waals surface area contributed by atoms with Crippen LogP contribution in [0, 0.1) is 0 Å². The number of aromatic amines is 1. The zero-order valence-corrected chi connectivity index (χ0v) is 16.6. The molecule has 2 aromatic carbocycles. The van der Waals surface area contributed by atoms with Crippen molar-refractivity contribution >= 4 is 33.7 Å². The van der Waals surface area contributed by atoms with Crippen molar-refractivity contribution in [2.45, 2.75) is 24.9 Å². The highest BCUT2D eigenvalue weighted by Gasteiger charge is 2.25. The number of nitrogens with one attached hydrogen (secondary N) is 2. The molecule has 0 fully saturated rings. The van der Waals surface area contributed by atoms with Crippen LogP contribution in [0.3, 0.4) is 0 Å². The number of hydrogen-bond donors (Lipinski definition) is 4. The summed E-state index contributed by atoms with van der Waals surface area (Å²) in [5, 5.41) is 14.3. The molecular formula is C23H24N4O3. The van der Waals surface area contributed by atoms with Crippen molar-refractivity contribution in [3.05, 3.63) is 72.1 Å². The Morgan fingerprint density at radius 2 is 1.77 bits per heavy atom. The van der Waals surface area contributed by atoms with Crippen LogP contribution in [0.4, 0.5) is 0 Å². The average Bonchev–Trinajstić information content (AvgIpc) is 3.29. The van der Waals surface area contributed by atoms with Crippen molar-refractivity contribution in [3.63, 3.8) is 0 Å². The fourth-order valence-electron chi connectivity index (χ4n) is 3.92. The number of rotatable bonds is 7. The van der Waals surface area contributed by atoms with E-state index in [2.05, 4.69) is 10.3 Å². The van der Waals surface area contributed by atoms with Crippen molar-refractivity contribution in [1.29, 1.82) is 0 Å². The van der Waals surface area contributed by atoms with Crippen LogP contribution in [0.1, 0.15) is 11.1 Å². The van der Waals surface area contributed by atoms with Gasteiger partial charge in [0.1, 0.15) is 6.04 Å². The van der Waals surface area contributed by atoms with Crippen molar-refractivity contribution in [2.24, 2.45) is 12.8 Å². The van der Waals surface area contributed by atoms with E-state index in [1.165, 1.54) is 0 Å². The molecule has 5 N–H and O–H groups in total. The molecule has 7 nitrogen and oxygen atoms in total. The van der Waals surface area contributed by atoms with E-state index in [0.29, 0.717) is 6.42 Å². The molecule has 2 atom stereocenters. The van der Waals surface area contributed by atoms with Gasteiger partial charge in [0.2, 0.25) is 5.91 Å². The number of H-pyrrole nitrogens is 1. The van der Waals surface area contributed by atoms with Crippen LogP contribution in [0.5, 0.6) is 0 Å². The SMILES string of the molecule is Cn1cc(C[C@@H](NC(=O)[C@@H](N)Cc2c[nH]c3ccccc23)C(=O)O)c2ccccc21. The molecule has 30 heavy (non-hydrogen) atoms. The predicted molar refractivity (Wildman–Crippen MR) is 116 cm³/mol. The zero-order chi connectivity index (χ0) is 21.3. The summed E-state index contributed by atoms with van der Waals surface area (Å²) in [6.45, 7) is 0. The number of carboxylic acids is 1. The first-order chi connectivity index (χ1) is 14.4. The molecule has 0 saturated heterocycles. The molecule has 1 amide bonds. The van der Waals surface area contributed by atoms with Gasteiger partial charge in [0.15, 0.2) is 0 Å². The largest absolute Gasteiger partial charge is 0.480 e. The third kappa shape index (κ3) is 3.79. The minimum atomic E-state index is -1.09. The van der Waals surface area contributed by atoms with E-state index in [1.54, 1.807) is 0 Å². The Morgan fingerprint density at radius 3 is 2.53 bits per heavy atom. The molecule has 0 saturated carbocycles. The van der Waals surface area contributed by atoms with Crippen LogP contribution in [-0.2, 0) is 29.5 Å². The molecule has 0 radical (unpaired) electrons. The number of para-hydroxylation sites is 2. The lowest BCUT2D eigenvalue weighted by atomic mass is 10.0. The highest BCUT2D eigenvalue weighted by Crippen LogP contribution is 2.22. The Bertz CT molecular complexity index is 1220. The Kier molecular flexibility index (Phi) is 5.29. The lowest BCUT2D eigenvalue weighted by molar-refractivity contribution is -0.141.